The van der Waals surface area contributed by atoms with E-state index in [-0.39, 0.29) is 11.4 Å². The molecule has 3 heterocycles. The fraction of sp³-hybridized carbons (Fsp3) is 0.200. The molecule has 4 aromatic rings. The predicted octanol–water partition coefficient (Wildman–Crippen LogP) is 4.47. The predicted molar refractivity (Wildman–Crippen MR) is 121 cm³/mol. The van der Waals surface area contributed by atoms with Crippen LogP contribution in [0.2, 0.25) is 0 Å². The minimum Gasteiger partial charge on any atom is -0.306 e. The Balaban J connectivity index is 1.30. The summed E-state index contributed by atoms with van der Waals surface area (Å²) in [5, 5.41) is 0. The summed E-state index contributed by atoms with van der Waals surface area (Å²) >= 11 is 0. The summed E-state index contributed by atoms with van der Waals surface area (Å²) < 4.78 is 38.4. The summed E-state index contributed by atoms with van der Waals surface area (Å²) in [6, 6.07) is 14.3. The number of halogens is 3. The van der Waals surface area contributed by atoms with E-state index >= 15 is 0 Å². The van der Waals surface area contributed by atoms with Crippen molar-refractivity contribution in [3.8, 4) is 22.8 Å². The summed E-state index contributed by atoms with van der Waals surface area (Å²) in [7, 11) is 0. The summed E-state index contributed by atoms with van der Waals surface area (Å²) in [4.78, 5) is 31.0. The Hall–Kier alpha value is -3.85. The van der Waals surface area contributed by atoms with Gasteiger partial charge in [0, 0.05) is 55.1 Å². The van der Waals surface area contributed by atoms with Gasteiger partial charge in [0.1, 0.15) is 5.82 Å². The molecule has 1 N–H and O–H groups in total. The molecule has 0 radical (unpaired) electrons. The maximum atomic E-state index is 12.8. The van der Waals surface area contributed by atoms with Crippen molar-refractivity contribution >= 4 is 0 Å². The first-order valence-corrected chi connectivity index (χ1v) is 10.8. The highest BCUT2D eigenvalue weighted by atomic mass is 19.4. The normalized spacial score (nSPS) is 14.1. The van der Waals surface area contributed by atoms with Gasteiger partial charge in [-0.05, 0) is 12.1 Å². The van der Waals surface area contributed by atoms with Crippen LogP contribution >= 0.6 is 0 Å². The van der Waals surface area contributed by atoms with Gasteiger partial charge < -0.3 is 4.98 Å². The molecule has 2 aromatic carbocycles. The van der Waals surface area contributed by atoms with Crippen LogP contribution in [0.4, 0.5) is 13.2 Å². The van der Waals surface area contributed by atoms with Crippen molar-refractivity contribution < 1.29 is 13.2 Å². The van der Waals surface area contributed by atoms with Crippen LogP contribution in [0.5, 0.6) is 0 Å². The molecule has 1 aliphatic heterocycles. The standard InChI is InChI=1S/C25H20F3N5O/c26-25(27,28)19-8-6-18(7-9-19)23-31-21-10-11-33(15-20(21)24(34)32-23)14-16-12-29-22(30-13-16)17-4-2-1-3-5-17/h1-9,12-13H,10-11,14-15H2,(H,31,32,34). The highest BCUT2D eigenvalue weighted by molar-refractivity contribution is 5.56. The summed E-state index contributed by atoms with van der Waals surface area (Å²) in [5.74, 6) is 0.931. The SMILES string of the molecule is O=c1[nH]c(-c2ccc(C(F)(F)F)cc2)nc2c1CN(Cc1cnc(-c3ccccc3)nc1)CC2. The first-order chi connectivity index (χ1) is 16.4. The number of nitrogens with zero attached hydrogens (tertiary/aromatic N) is 4. The van der Waals surface area contributed by atoms with Gasteiger partial charge in [-0.25, -0.2) is 15.0 Å². The lowest BCUT2D eigenvalue weighted by Crippen LogP contribution is -2.35. The number of aromatic nitrogens is 4. The number of alkyl halides is 3. The Kier molecular flexibility index (Phi) is 5.70. The van der Waals surface area contributed by atoms with E-state index in [1.807, 2.05) is 30.3 Å². The zero-order chi connectivity index (χ0) is 23.7. The van der Waals surface area contributed by atoms with Crippen LogP contribution < -0.4 is 5.56 Å². The smallest absolute Gasteiger partial charge is 0.306 e. The van der Waals surface area contributed by atoms with Crippen molar-refractivity contribution in [3.63, 3.8) is 0 Å². The van der Waals surface area contributed by atoms with Gasteiger partial charge in [0.05, 0.1) is 16.8 Å². The molecular formula is C25H20F3N5O. The maximum absolute atomic E-state index is 12.8. The molecule has 34 heavy (non-hydrogen) atoms. The molecule has 5 rings (SSSR count). The molecule has 0 saturated heterocycles. The number of H-pyrrole nitrogens is 1. The summed E-state index contributed by atoms with van der Waals surface area (Å²) in [6.45, 7) is 1.70. The Morgan fingerprint density at radius 1 is 0.941 bits per heavy atom. The van der Waals surface area contributed by atoms with E-state index in [1.165, 1.54) is 12.1 Å². The Bertz CT molecular complexity index is 1350. The molecule has 9 heteroatoms. The molecule has 0 unspecified atom stereocenters. The monoisotopic (exact) mass is 463 g/mol. The van der Waals surface area contributed by atoms with Crippen molar-refractivity contribution in [2.24, 2.45) is 0 Å². The third kappa shape index (κ3) is 4.60. The number of aromatic amines is 1. The lowest BCUT2D eigenvalue weighted by molar-refractivity contribution is -0.137. The van der Waals surface area contributed by atoms with Gasteiger partial charge in [0.25, 0.3) is 5.56 Å². The zero-order valence-corrected chi connectivity index (χ0v) is 18.0. The second kappa shape index (κ2) is 8.83. The number of benzene rings is 2. The number of hydrogen-bond acceptors (Lipinski definition) is 5. The van der Waals surface area contributed by atoms with Crippen LogP contribution in [0.1, 0.15) is 22.4 Å². The maximum Gasteiger partial charge on any atom is 0.416 e. The third-order valence-electron chi connectivity index (χ3n) is 5.78. The average Bonchev–Trinajstić information content (AvgIpc) is 2.85. The molecule has 0 amide bonds. The highest BCUT2D eigenvalue weighted by Crippen LogP contribution is 2.30. The first kappa shape index (κ1) is 22.0. The third-order valence-corrected chi connectivity index (χ3v) is 5.78. The van der Waals surface area contributed by atoms with Gasteiger partial charge in [0.15, 0.2) is 5.82 Å². The molecule has 0 bridgehead atoms. The van der Waals surface area contributed by atoms with Crippen molar-refractivity contribution in [1.29, 1.82) is 0 Å². The van der Waals surface area contributed by atoms with E-state index in [2.05, 4.69) is 24.8 Å². The van der Waals surface area contributed by atoms with Crippen LogP contribution in [0, 0.1) is 0 Å². The average molecular weight is 463 g/mol. The van der Waals surface area contributed by atoms with Gasteiger partial charge in [0.2, 0.25) is 0 Å². The van der Waals surface area contributed by atoms with Crippen LogP contribution in [0.25, 0.3) is 22.8 Å². The van der Waals surface area contributed by atoms with Gasteiger partial charge >= 0.3 is 6.18 Å². The number of fused-ring (bicyclic) bond motifs is 1. The minimum atomic E-state index is -4.41. The van der Waals surface area contributed by atoms with E-state index in [4.69, 9.17) is 0 Å². The molecule has 6 nitrogen and oxygen atoms in total. The molecule has 0 saturated carbocycles. The summed E-state index contributed by atoms with van der Waals surface area (Å²) in [6.07, 6.45) is -0.260. The molecule has 0 fully saturated rings. The van der Waals surface area contributed by atoms with Crippen LogP contribution in [0.15, 0.2) is 71.8 Å². The number of hydrogen-bond donors (Lipinski definition) is 1. The van der Waals surface area contributed by atoms with Crippen LogP contribution in [-0.2, 0) is 25.7 Å². The quantitative estimate of drug-likeness (QED) is 0.483. The molecule has 2 aromatic heterocycles. The minimum absolute atomic E-state index is 0.274. The van der Waals surface area contributed by atoms with Crippen molar-refractivity contribution in [1.82, 2.24) is 24.8 Å². The van der Waals surface area contributed by atoms with E-state index in [0.717, 1.165) is 23.3 Å². The highest BCUT2D eigenvalue weighted by Gasteiger charge is 2.30. The number of nitrogens with one attached hydrogen (secondary N) is 1. The molecule has 172 valence electrons. The molecule has 0 aliphatic carbocycles. The lowest BCUT2D eigenvalue weighted by Gasteiger charge is -2.27. The van der Waals surface area contributed by atoms with Crippen molar-refractivity contribution in [2.45, 2.75) is 25.7 Å². The van der Waals surface area contributed by atoms with Gasteiger partial charge in [-0.3, -0.25) is 9.69 Å². The molecule has 1 aliphatic rings. The van der Waals surface area contributed by atoms with Gasteiger partial charge in [-0.15, -0.1) is 0 Å². The van der Waals surface area contributed by atoms with Gasteiger partial charge in [-0.1, -0.05) is 42.5 Å². The van der Waals surface area contributed by atoms with E-state index < -0.39 is 11.7 Å². The van der Waals surface area contributed by atoms with Crippen molar-refractivity contribution in [3.05, 3.63) is 99.7 Å². The Morgan fingerprint density at radius 2 is 1.65 bits per heavy atom. The fourth-order valence-corrected chi connectivity index (χ4v) is 4.00. The lowest BCUT2D eigenvalue weighted by atomic mass is 10.1. The van der Waals surface area contributed by atoms with E-state index in [1.54, 1.807) is 12.4 Å². The molecule has 0 spiro atoms. The Morgan fingerprint density at radius 3 is 2.32 bits per heavy atom. The van der Waals surface area contributed by atoms with Gasteiger partial charge in [-0.2, -0.15) is 13.2 Å². The van der Waals surface area contributed by atoms with E-state index in [0.29, 0.717) is 48.7 Å². The van der Waals surface area contributed by atoms with E-state index in [9.17, 15) is 18.0 Å². The zero-order valence-electron chi connectivity index (χ0n) is 18.0. The largest absolute Gasteiger partial charge is 0.416 e. The molecule has 0 atom stereocenters. The van der Waals surface area contributed by atoms with Crippen LogP contribution in [0.3, 0.4) is 0 Å². The summed E-state index contributed by atoms with van der Waals surface area (Å²) in [5.41, 5.74) is 2.55. The van der Waals surface area contributed by atoms with Crippen LogP contribution in [-0.4, -0.2) is 31.4 Å². The molecular weight excluding hydrogens is 443 g/mol. The topological polar surface area (TPSA) is 74.8 Å². The first-order valence-electron chi connectivity index (χ1n) is 10.8. The second-order valence-electron chi connectivity index (χ2n) is 8.16. The fourth-order valence-electron chi connectivity index (χ4n) is 4.00. The number of rotatable bonds is 4. The second-order valence-corrected chi connectivity index (χ2v) is 8.16. The Labute approximate surface area is 193 Å². The van der Waals surface area contributed by atoms with Crippen molar-refractivity contribution in [2.75, 3.05) is 6.54 Å².